The van der Waals surface area contributed by atoms with Crippen LogP contribution in [0, 0.1) is 6.92 Å². The summed E-state index contributed by atoms with van der Waals surface area (Å²) in [5.41, 5.74) is 10.7. The topological polar surface area (TPSA) is 80.6 Å². The molecule has 2 atom stereocenters. The molecule has 1 saturated heterocycles. The zero-order chi connectivity index (χ0) is 22.0. The molecule has 6 heteroatoms. The SMILES string of the molecule is CCO[C@H]1CCN(Cc2c(OC)cc(C)c3[nH]ccc23)[C@H](c2ccc(C(N)=O)cc2)C1. The van der Waals surface area contributed by atoms with Crippen molar-refractivity contribution in [3.05, 3.63) is 64.8 Å². The summed E-state index contributed by atoms with van der Waals surface area (Å²) < 4.78 is 11.8. The molecule has 1 amide bonds. The van der Waals surface area contributed by atoms with Gasteiger partial charge in [0.05, 0.1) is 13.2 Å². The maximum Gasteiger partial charge on any atom is 0.248 e. The van der Waals surface area contributed by atoms with E-state index in [9.17, 15) is 4.79 Å². The Morgan fingerprint density at radius 1 is 1.26 bits per heavy atom. The number of ether oxygens (including phenoxy) is 2. The quantitative estimate of drug-likeness (QED) is 0.595. The number of nitrogens with one attached hydrogen (secondary N) is 1. The first kappa shape index (κ1) is 21.4. The molecule has 0 bridgehead atoms. The number of methoxy groups -OCH3 is 1. The number of primary amides is 1. The highest BCUT2D eigenvalue weighted by atomic mass is 16.5. The summed E-state index contributed by atoms with van der Waals surface area (Å²) in [6, 6.07) is 12.1. The van der Waals surface area contributed by atoms with Crippen LogP contribution in [-0.2, 0) is 11.3 Å². The summed E-state index contributed by atoms with van der Waals surface area (Å²) in [4.78, 5) is 17.4. The Morgan fingerprint density at radius 2 is 2.03 bits per heavy atom. The van der Waals surface area contributed by atoms with Crippen LogP contribution in [0.1, 0.15) is 52.9 Å². The number of amides is 1. The normalized spacial score (nSPS) is 19.6. The molecular formula is C25H31N3O3. The van der Waals surface area contributed by atoms with Gasteiger partial charge in [0, 0.05) is 54.0 Å². The number of carbonyl (C=O) groups is 1. The molecule has 2 heterocycles. The van der Waals surface area contributed by atoms with Crippen molar-refractivity contribution in [1.29, 1.82) is 0 Å². The van der Waals surface area contributed by atoms with Crippen LogP contribution in [0.3, 0.4) is 0 Å². The lowest BCUT2D eigenvalue weighted by atomic mass is 9.91. The van der Waals surface area contributed by atoms with Gasteiger partial charge in [-0.05, 0) is 62.1 Å². The lowest BCUT2D eigenvalue weighted by molar-refractivity contribution is -0.0138. The lowest BCUT2D eigenvalue weighted by Gasteiger charge is -2.40. The molecule has 3 N–H and O–H groups in total. The van der Waals surface area contributed by atoms with Crippen molar-refractivity contribution in [1.82, 2.24) is 9.88 Å². The van der Waals surface area contributed by atoms with E-state index in [0.717, 1.165) is 37.2 Å². The number of likely N-dealkylation sites (tertiary alicyclic amines) is 1. The van der Waals surface area contributed by atoms with Gasteiger partial charge in [-0.1, -0.05) is 12.1 Å². The third kappa shape index (κ3) is 4.31. The standard InChI is InChI=1S/C25H31N3O3/c1-4-31-19-10-12-28(22(14-19)17-5-7-18(8-6-17)25(26)29)15-21-20-9-11-27-24(20)16(2)13-23(21)30-3/h5-9,11,13,19,22,27H,4,10,12,14-15H2,1-3H3,(H2,26,29)/t19-,22-/m0/s1. The molecule has 1 aromatic heterocycles. The van der Waals surface area contributed by atoms with Crippen LogP contribution in [0.5, 0.6) is 5.75 Å². The van der Waals surface area contributed by atoms with Gasteiger partial charge < -0.3 is 20.2 Å². The summed E-state index contributed by atoms with van der Waals surface area (Å²) in [6.45, 7) is 6.56. The van der Waals surface area contributed by atoms with E-state index in [1.807, 2.05) is 37.4 Å². The van der Waals surface area contributed by atoms with Crippen LogP contribution >= 0.6 is 0 Å². The molecule has 0 unspecified atom stereocenters. The zero-order valence-electron chi connectivity index (χ0n) is 18.5. The molecule has 0 radical (unpaired) electrons. The molecule has 1 aliphatic heterocycles. The number of carbonyl (C=O) groups excluding carboxylic acids is 1. The maximum absolute atomic E-state index is 11.5. The molecule has 1 aliphatic rings. The Bertz CT molecular complexity index is 1060. The third-order valence-electron chi connectivity index (χ3n) is 6.34. The molecule has 0 aliphatic carbocycles. The Balaban J connectivity index is 1.69. The van der Waals surface area contributed by atoms with Gasteiger partial charge in [-0.2, -0.15) is 0 Å². The summed E-state index contributed by atoms with van der Waals surface area (Å²) >= 11 is 0. The molecule has 0 saturated carbocycles. The molecule has 164 valence electrons. The van der Waals surface area contributed by atoms with Gasteiger partial charge in [-0.3, -0.25) is 9.69 Å². The number of nitrogens with two attached hydrogens (primary N) is 1. The fourth-order valence-electron chi connectivity index (χ4n) is 4.76. The fraction of sp³-hybridized carbons (Fsp3) is 0.400. The first-order valence-electron chi connectivity index (χ1n) is 10.9. The van der Waals surface area contributed by atoms with E-state index in [-0.39, 0.29) is 12.1 Å². The minimum Gasteiger partial charge on any atom is -0.496 e. The monoisotopic (exact) mass is 421 g/mol. The molecule has 6 nitrogen and oxygen atoms in total. The van der Waals surface area contributed by atoms with Crippen LogP contribution < -0.4 is 10.5 Å². The minimum absolute atomic E-state index is 0.187. The number of piperidine rings is 1. The number of fused-ring (bicyclic) bond motifs is 1. The van der Waals surface area contributed by atoms with E-state index in [2.05, 4.69) is 28.9 Å². The predicted molar refractivity (Wildman–Crippen MR) is 122 cm³/mol. The average molecular weight is 422 g/mol. The van der Waals surface area contributed by atoms with Crippen molar-refractivity contribution in [2.45, 2.75) is 45.4 Å². The van der Waals surface area contributed by atoms with Gasteiger partial charge in [-0.25, -0.2) is 0 Å². The Morgan fingerprint density at radius 3 is 2.71 bits per heavy atom. The van der Waals surface area contributed by atoms with E-state index in [1.54, 1.807) is 7.11 Å². The number of aromatic amines is 1. The van der Waals surface area contributed by atoms with Crippen LogP contribution in [-0.4, -0.2) is 42.2 Å². The smallest absolute Gasteiger partial charge is 0.248 e. The Hall–Kier alpha value is -2.83. The maximum atomic E-state index is 11.5. The number of hydrogen-bond donors (Lipinski definition) is 2. The third-order valence-corrected chi connectivity index (χ3v) is 6.34. The molecule has 31 heavy (non-hydrogen) atoms. The second-order valence-electron chi connectivity index (χ2n) is 8.21. The van der Waals surface area contributed by atoms with Gasteiger partial charge >= 0.3 is 0 Å². The second-order valence-corrected chi connectivity index (χ2v) is 8.21. The van der Waals surface area contributed by atoms with Crippen molar-refractivity contribution in [3.63, 3.8) is 0 Å². The van der Waals surface area contributed by atoms with Crippen molar-refractivity contribution < 1.29 is 14.3 Å². The zero-order valence-corrected chi connectivity index (χ0v) is 18.5. The number of hydrogen-bond acceptors (Lipinski definition) is 4. The Labute approximate surface area is 183 Å². The van der Waals surface area contributed by atoms with E-state index < -0.39 is 5.91 Å². The van der Waals surface area contributed by atoms with Gasteiger partial charge in [0.2, 0.25) is 5.91 Å². The average Bonchev–Trinajstić information content (AvgIpc) is 3.27. The highest BCUT2D eigenvalue weighted by Gasteiger charge is 2.31. The number of aromatic nitrogens is 1. The van der Waals surface area contributed by atoms with Crippen LogP contribution in [0.25, 0.3) is 10.9 Å². The number of H-pyrrole nitrogens is 1. The molecule has 2 aromatic carbocycles. The number of aryl methyl sites for hydroxylation is 1. The number of benzene rings is 2. The van der Waals surface area contributed by atoms with E-state index >= 15 is 0 Å². The van der Waals surface area contributed by atoms with Crippen molar-refractivity contribution in [3.8, 4) is 5.75 Å². The van der Waals surface area contributed by atoms with E-state index in [1.165, 1.54) is 22.1 Å². The highest BCUT2D eigenvalue weighted by molar-refractivity contribution is 5.92. The largest absolute Gasteiger partial charge is 0.496 e. The second kappa shape index (κ2) is 9.12. The Kier molecular flexibility index (Phi) is 6.30. The fourth-order valence-corrected chi connectivity index (χ4v) is 4.76. The molecule has 1 fully saturated rings. The van der Waals surface area contributed by atoms with Crippen LogP contribution in [0.2, 0.25) is 0 Å². The first-order valence-corrected chi connectivity index (χ1v) is 10.9. The summed E-state index contributed by atoms with van der Waals surface area (Å²) in [5, 5.41) is 1.20. The molecule has 3 aromatic rings. The van der Waals surface area contributed by atoms with E-state index in [4.69, 9.17) is 15.2 Å². The van der Waals surface area contributed by atoms with E-state index in [0.29, 0.717) is 12.2 Å². The van der Waals surface area contributed by atoms with Gasteiger partial charge in [0.15, 0.2) is 0 Å². The number of rotatable bonds is 7. The highest BCUT2D eigenvalue weighted by Crippen LogP contribution is 2.37. The summed E-state index contributed by atoms with van der Waals surface area (Å²) in [5.74, 6) is 0.512. The van der Waals surface area contributed by atoms with Crippen molar-refractivity contribution in [2.24, 2.45) is 5.73 Å². The molecular weight excluding hydrogens is 390 g/mol. The minimum atomic E-state index is -0.404. The first-order chi connectivity index (χ1) is 15.0. The van der Waals surface area contributed by atoms with Crippen molar-refractivity contribution >= 4 is 16.8 Å². The van der Waals surface area contributed by atoms with Gasteiger partial charge in [0.25, 0.3) is 0 Å². The summed E-state index contributed by atoms with van der Waals surface area (Å²) in [7, 11) is 1.73. The number of nitrogens with zero attached hydrogens (tertiary/aromatic N) is 1. The van der Waals surface area contributed by atoms with Crippen LogP contribution in [0.15, 0.2) is 42.6 Å². The van der Waals surface area contributed by atoms with Crippen LogP contribution in [0.4, 0.5) is 0 Å². The molecule has 0 spiro atoms. The summed E-state index contributed by atoms with van der Waals surface area (Å²) in [6.07, 6.45) is 4.12. The van der Waals surface area contributed by atoms with Crippen molar-refractivity contribution in [2.75, 3.05) is 20.3 Å². The lowest BCUT2D eigenvalue weighted by Crippen LogP contribution is -2.39. The van der Waals surface area contributed by atoms with Gasteiger partial charge in [0.1, 0.15) is 5.75 Å². The predicted octanol–water partition coefficient (Wildman–Crippen LogP) is 4.33. The molecule has 4 rings (SSSR count). The van der Waals surface area contributed by atoms with Gasteiger partial charge in [-0.15, -0.1) is 0 Å².